The first kappa shape index (κ1) is 11.7. The second-order valence-corrected chi connectivity index (χ2v) is 4.73. The summed E-state index contributed by atoms with van der Waals surface area (Å²) in [7, 11) is 0. The molecule has 3 heterocycles. The molecule has 0 bridgehead atoms. The van der Waals surface area contributed by atoms with Crippen LogP contribution in [-0.2, 0) is 9.47 Å². The third-order valence-electron chi connectivity index (χ3n) is 3.46. The highest BCUT2D eigenvalue weighted by molar-refractivity contribution is 5.91. The number of aromatic nitrogens is 1. The van der Waals surface area contributed by atoms with Crippen LogP contribution >= 0.6 is 0 Å². The number of rotatable bonds is 1. The monoisotopic (exact) mass is 252 g/mol. The van der Waals surface area contributed by atoms with Crippen molar-refractivity contribution in [2.45, 2.75) is 25.6 Å². The zero-order chi connectivity index (χ0) is 12.6. The predicted molar refractivity (Wildman–Crippen MR) is 61.0 cm³/mol. The molecule has 2 aliphatic rings. The van der Waals surface area contributed by atoms with Crippen molar-refractivity contribution >= 4 is 5.91 Å². The number of hydrogen-bond donors (Lipinski definition) is 0. The average Bonchev–Trinajstić information content (AvgIpc) is 3.00. The third-order valence-corrected chi connectivity index (χ3v) is 3.46. The Labute approximate surface area is 105 Å². The molecule has 0 N–H and O–H groups in total. The molecule has 2 fully saturated rings. The molecule has 2 aliphatic heterocycles. The van der Waals surface area contributed by atoms with Gasteiger partial charge in [0.1, 0.15) is 0 Å². The van der Waals surface area contributed by atoms with E-state index < -0.39 is 5.79 Å². The number of carbonyl (C=O) groups is 1. The summed E-state index contributed by atoms with van der Waals surface area (Å²) in [4.78, 5) is 13.9. The van der Waals surface area contributed by atoms with E-state index in [1.807, 2.05) is 0 Å². The van der Waals surface area contributed by atoms with Gasteiger partial charge in [-0.05, 0) is 6.92 Å². The minimum absolute atomic E-state index is 0.108. The number of piperidine rings is 1. The maximum absolute atomic E-state index is 12.1. The van der Waals surface area contributed by atoms with Gasteiger partial charge in [-0.15, -0.1) is 0 Å². The molecule has 0 radical (unpaired) electrons. The molecule has 1 amide bonds. The molecule has 18 heavy (non-hydrogen) atoms. The van der Waals surface area contributed by atoms with Gasteiger partial charge in [-0.1, -0.05) is 5.16 Å². The normalized spacial score (nSPS) is 22.6. The van der Waals surface area contributed by atoms with Gasteiger partial charge in [-0.3, -0.25) is 4.79 Å². The van der Waals surface area contributed by atoms with Crippen molar-refractivity contribution in [1.82, 2.24) is 10.1 Å². The van der Waals surface area contributed by atoms with Gasteiger partial charge in [-0.25, -0.2) is 0 Å². The van der Waals surface area contributed by atoms with Gasteiger partial charge in [0.15, 0.2) is 5.79 Å². The first-order chi connectivity index (χ1) is 8.69. The molecule has 1 aromatic heterocycles. The molecule has 98 valence electrons. The lowest BCUT2D eigenvalue weighted by atomic mass is 10.0. The molecule has 0 atom stereocenters. The molecule has 1 spiro atoms. The summed E-state index contributed by atoms with van der Waals surface area (Å²) < 4.78 is 16.2. The van der Waals surface area contributed by atoms with Crippen molar-refractivity contribution in [3.63, 3.8) is 0 Å². The standard InChI is InChI=1S/C12H16N2O4/c1-9-8-10(18-13-9)11(15)14-4-2-12(3-5-14)16-6-7-17-12/h8H,2-7H2,1H3. The third kappa shape index (κ3) is 2.02. The fraction of sp³-hybridized carbons (Fsp3) is 0.667. The highest BCUT2D eigenvalue weighted by Crippen LogP contribution is 2.31. The Morgan fingerprint density at radius 1 is 1.33 bits per heavy atom. The SMILES string of the molecule is Cc1cc(C(=O)N2CCC3(CC2)OCCO3)on1. The van der Waals surface area contributed by atoms with Crippen LogP contribution in [-0.4, -0.2) is 48.1 Å². The summed E-state index contributed by atoms with van der Waals surface area (Å²) in [5.41, 5.74) is 0.717. The molecular weight excluding hydrogens is 236 g/mol. The summed E-state index contributed by atoms with van der Waals surface area (Å²) in [6.45, 7) is 4.34. The van der Waals surface area contributed by atoms with E-state index in [-0.39, 0.29) is 5.91 Å². The molecule has 1 aromatic rings. The van der Waals surface area contributed by atoms with Crippen LogP contribution < -0.4 is 0 Å². The molecule has 3 rings (SSSR count). The van der Waals surface area contributed by atoms with E-state index in [9.17, 15) is 4.79 Å². The number of carbonyl (C=O) groups excluding carboxylic acids is 1. The van der Waals surface area contributed by atoms with Crippen LogP contribution in [0.5, 0.6) is 0 Å². The first-order valence-corrected chi connectivity index (χ1v) is 6.19. The molecule has 0 aromatic carbocycles. The lowest BCUT2D eigenvalue weighted by molar-refractivity contribution is -0.181. The van der Waals surface area contributed by atoms with Crippen molar-refractivity contribution in [3.05, 3.63) is 17.5 Å². The number of nitrogens with zero attached hydrogens (tertiary/aromatic N) is 2. The largest absolute Gasteiger partial charge is 0.351 e. The van der Waals surface area contributed by atoms with Gasteiger partial charge in [0.2, 0.25) is 5.76 Å². The van der Waals surface area contributed by atoms with Gasteiger partial charge >= 0.3 is 0 Å². The van der Waals surface area contributed by atoms with Crippen LogP contribution in [0.3, 0.4) is 0 Å². The van der Waals surface area contributed by atoms with E-state index in [0.29, 0.717) is 50.6 Å². The Morgan fingerprint density at radius 2 is 2.00 bits per heavy atom. The quantitative estimate of drug-likeness (QED) is 0.745. The smallest absolute Gasteiger partial charge is 0.292 e. The fourth-order valence-corrected chi connectivity index (χ4v) is 2.46. The topological polar surface area (TPSA) is 64.8 Å². The van der Waals surface area contributed by atoms with Crippen LogP contribution in [0.25, 0.3) is 0 Å². The Kier molecular flexibility index (Phi) is 2.83. The Morgan fingerprint density at radius 3 is 2.56 bits per heavy atom. The van der Waals surface area contributed by atoms with E-state index in [1.54, 1.807) is 17.9 Å². The lowest BCUT2D eigenvalue weighted by Crippen LogP contribution is -2.47. The van der Waals surface area contributed by atoms with Gasteiger partial charge in [-0.2, -0.15) is 0 Å². The van der Waals surface area contributed by atoms with E-state index in [0.717, 1.165) is 0 Å². The molecule has 6 nitrogen and oxygen atoms in total. The molecular formula is C12H16N2O4. The Balaban J connectivity index is 1.64. The number of ether oxygens (including phenoxy) is 2. The maximum Gasteiger partial charge on any atom is 0.292 e. The van der Waals surface area contributed by atoms with Crippen LogP contribution in [0.2, 0.25) is 0 Å². The van der Waals surface area contributed by atoms with Crippen LogP contribution in [0, 0.1) is 6.92 Å². The second-order valence-electron chi connectivity index (χ2n) is 4.73. The number of aryl methyl sites for hydroxylation is 1. The van der Waals surface area contributed by atoms with Crippen molar-refractivity contribution in [2.75, 3.05) is 26.3 Å². The predicted octanol–water partition coefficient (Wildman–Crippen LogP) is 0.962. The summed E-state index contributed by atoms with van der Waals surface area (Å²) >= 11 is 0. The number of likely N-dealkylation sites (tertiary alicyclic amines) is 1. The average molecular weight is 252 g/mol. The van der Waals surface area contributed by atoms with Gasteiger partial charge < -0.3 is 18.9 Å². The van der Waals surface area contributed by atoms with E-state index in [4.69, 9.17) is 14.0 Å². The summed E-state index contributed by atoms with van der Waals surface area (Å²) in [6, 6.07) is 1.66. The summed E-state index contributed by atoms with van der Waals surface area (Å²) in [6.07, 6.45) is 1.43. The first-order valence-electron chi connectivity index (χ1n) is 6.19. The van der Waals surface area contributed by atoms with Crippen LogP contribution in [0.1, 0.15) is 29.1 Å². The van der Waals surface area contributed by atoms with Crippen LogP contribution in [0.4, 0.5) is 0 Å². The van der Waals surface area contributed by atoms with E-state index in [2.05, 4.69) is 5.16 Å². The van der Waals surface area contributed by atoms with Crippen molar-refractivity contribution in [1.29, 1.82) is 0 Å². The maximum atomic E-state index is 12.1. The summed E-state index contributed by atoms with van der Waals surface area (Å²) in [5, 5.41) is 3.73. The highest BCUT2D eigenvalue weighted by Gasteiger charge is 2.41. The molecule has 0 unspecified atom stereocenters. The van der Waals surface area contributed by atoms with Gasteiger partial charge in [0.05, 0.1) is 18.9 Å². The van der Waals surface area contributed by atoms with Crippen molar-refractivity contribution in [2.24, 2.45) is 0 Å². The zero-order valence-electron chi connectivity index (χ0n) is 10.3. The van der Waals surface area contributed by atoms with Gasteiger partial charge in [0, 0.05) is 32.0 Å². The molecule has 2 saturated heterocycles. The van der Waals surface area contributed by atoms with Crippen LogP contribution in [0.15, 0.2) is 10.6 Å². The molecule has 6 heteroatoms. The number of amides is 1. The number of hydrogen-bond acceptors (Lipinski definition) is 5. The summed E-state index contributed by atoms with van der Waals surface area (Å²) in [5.74, 6) is -0.256. The van der Waals surface area contributed by atoms with Gasteiger partial charge in [0.25, 0.3) is 5.91 Å². The van der Waals surface area contributed by atoms with Crippen molar-refractivity contribution < 1.29 is 18.8 Å². The zero-order valence-corrected chi connectivity index (χ0v) is 10.3. The molecule has 0 saturated carbocycles. The Bertz CT molecular complexity index is 441. The Hall–Kier alpha value is -1.40. The molecule has 0 aliphatic carbocycles. The van der Waals surface area contributed by atoms with E-state index >= 15 is 0 Å². The second kappa shape index (κ2) is 4.37. The fourth-order valence-electron chi connectivity index (χ4n) is 2.46. The lowest BCUT2D eigenvalue weighted by Gasteiger charge is -2.37. The minimum Gasteiger partial charge on any atom is -0.351 e. The highest BCUT2D eigenvalue weighted by atomic mass is 16.7. The minimum atomic E-state index is -0.450. The van der Waals surface area contributed by atoms with E-state index in [1.165, 1.54) is 0 Å². The van der Waals surface area contributed by atoms with Crippen molar-refractivity contribution in [3.8, 4) is 0 Å².